The molecule has 1 aliphatic heterocycles. The largest absolute Gasteiger partial charge is 0.356 e. The fourth-order valence-electron chi connectivity index (χ4n) is 3.60. The van der Waals surface area contributed by atoms with Crippen LogP contribution in [0.25, 0.3) is 0 Å². The summed E-state index contributed by atoms with van der Waals surface area (Å²) in [6.07, 6.45) is 2.49. The van der Waals surface area contributed by atoms with Crippen LogP contribution in [-0.2, 0) is 22.4 Å². The van der Waals surface area contributed by atoms with Gasteiger partial charge >= 0.3 is 0 Å². The van der Waals surface area contributed by atoms with Crippen molar-refractivity contribution in [3.8, 4) is 0 Å². The Kier molecular flexibility index (Phi) is 6.80. The molecule has 1 saturated heterocycles. The van der Waals surface area contributed by atoms with Gasteiger partial charge in [-0.15, -0.1) is 0 Å². The van der Waals surface area contributed by atoms with E-state index < -0.39 is 0 Å². The fourth-order valence-corrected chi connectivity index (χ4v) is 3.60. The van der Waals surface area contributed by atoms with Gasteiger partial charge in [0.1, 0.15) is 5.82 Å². The summed E-state index contributed by atoms with van der Waals surface area (Å²) >= 11 is 0. The number of carbonyl (C=O) groups excluding carboxylic acids is 2. The number of aryl methyl sites for hydroxylation is 1. The lowest BCUT2D eigenvalue weighted by molar-refractivity contribution is -0.135. The van der Waals surface area contributed by atoms with Crippen LogP contribution < -0.4 is 5.32 Å². The molecular weight excluding hydrogens is 355 g/mol. The van der Waals surface area contributed by atoms with Crippen molar-refractivity contribution in [1.82, 2.24) is 10.2 Å². The summed E-state index contributed by atoms with van der Waals surface area (Å²) in [5.74, 6) is -0.121. The monoisotopic (exact) mass is 382 g/mol. The topological polar surface area (TPSA) is 49.4 Å². The molecule has 3 rings (SSSR count). The molecule has 0 spiro atoms. The molecule has 28 heavy (non-hydrogen) atoms. The van der Waals surface area contributed by atoms with E-state index in [-0.39, 0.29) is 23.5 Å². The molecule has 5 heteroatoms. The van der Waals surface area contributed by atoms with E-state index in [1.807, 2.05) is 36.1 Å². The van der Waals surface area contributed by atoms with E-state index in [1.54, 1.807) is 12.1 Å². The van der Waals surface area contributed by atoms with E-state index in [4.69, 9.17) is 0 Å². The van der Waals surface area contributed by atoms with Gasteiger partial charge < -0.3 is 10.2 Å². The van der Waals surface area contributed by atoms with Gasteiger partial charge in [-0.1, -0.05) is 36.4 Å². The van der Waals surface area contributed by atoms with Crippen molar-refractivity contribution < 1.29 is 14.0 Å². The van der Waals surface area contributed by atoms with E-state index in [1.165, 1.54) is 12.1 Å². The minimum absolute atomic E-state index is 0.0456. The van der Waals surface area contributed by atoms with Crippen molar-refractivity contribution in [1.29, 1.82) is 0 Å². The van der Waals surface area contributed by atoms with Gasteiger partial charge in [0.25, 0.3) is 0 Å². The number of benzene rings is 2. The summed E-state index contributed by atoms with van der Waals surface area (Å²) in [6.45, 7) is 3.81. The lowest BCUT2D eigenvalue weighted by Gasteiger charge is -2.31. The molecule has 0 saturated carbocycles. The first-order valence-corrected chi connectivity index (χ1v) is 9.87. The van der Waals surface area contributed by atoms with Crippen LogP contribution >= 0.6 is 0 Å². The maximum absolute atomic E-state index is 12.9. The van der Waals surface area contributed by atoms with Crippen LogP contribution in [0.15, 0.2) is 48.5 Å². The first-order chi connectivity index (χ1) is 13.5. The Labute approximate surface area is 165 Å². The second kappa shape index (κ2) is 9.49. The molecule has 1 N–H and O–H groups in total. The second-order valence-corrected chi connectivity index (χ2v) is 7.43. The minimum atomic E-state index is -0.253. The number of piperidine rings is 1. The first-order valence-electron chi connectivity index (χ1n) is 9.87. The Morgan fingerprint density at radius 2 is 1.75 bits per heavy atom. The molecule has 0 aromatic heterocycles. The summed E-state index contributed by atoms with van der Waals surface area (Å²) in [4.78, 5) is 26.8. The van der Waals surface area contributed by atoms with Gasteiger partial charge in [-0.3, -0.25) is 9.59 Å². The highest BCUT2D eigenvalue weighted by Gasteiger charge is 2.27. The molecule has 4 nitrogen and oxygen atoms in total. The zero-order chi connectivity index (χ0) is 19.9. The number of rotatable bonds is 6. The Morgan fingerprint density at radius 3 is 2.43 bits per heavy atom. The van der Waals surface area contributed by atoms with Crippen LogP contribution in [0.3, 0.4) is 0 Å². The highest BCUT2D eigenvalue weighted by molar-refractivity contribution is 5.81. The highest BCUT2D eigenvalue weighted by Crippen LogP contribution is 2.19. The van der Waals surface area contributed by atoms with Crippen molar-refractivity contribution in [3.63, 3.8) is 0 Å². The number of hydrogen-bond donors (Lipinski definition) is 1. The molecule has 0 bridgehead atoms. The van der Waals surface area contributed by atoms with Crippen LogP contribution in [-0.4, -0.2) is 36.3 Å². The number of nitrogens with one attached hydrogen (secondary N) is 1. The van der Waals surface area contributed by atoms with Gasteiger partial charge in [0.05, 0.1) is 6.42 Å². The summed E-state index contributed by atoms with van der Waals surface area (Å²) in [5.41, 5.74) is 3.19. The lowest BCUT2D eigenvalue weighted by atomic mass is 9.95. The van der Waals surface area contributed by atoms with Gasteiger partial charge in [-0.05, 0) is 55.0 Å². The number of halogens is 1. The molecular formula is C23H27FN2O2. The van der Waals surface area contributed by atoms with Gasteiger partial charge in [0.2, 0.25) is 11.8 Å². The third-order valence-corrected chi connectivity index (χ3v) is 5.45. The predicted octanol–water partition coefficient (Wildman–Crippen LogP) is 3.27. The molecule has 0 aliphatic carbocycles. The maximum Gasteiger partial charge on any atom is 0.226 e. The smallest absolute Gasteiger partial charge is 0.226 e. The van der Waals surface area contributed by atoms with E-state index >= 15 is 0 Å². The number of hydrogen-bond acceptors (Lipinski definition) is 2. The molecule has 0 unspecified atom stereocenters. The van der Waals surface area contributed by atoms with E-state index in [0.717, 1.165) is 16.7 Å². The Hall–Kier alpha value is -2.69. The average Bonchev–Trinajstić information content (AvgIpc) is 2.71. The Balaban J connectivity index is 1.40. The predicted molar refractivity (Wildman–Crippen MR) is 107 cm³/mol. The SMILES string of the molecule is Cc1ccccc1CC(=O)N1CCC(C(=O)NCCc2ccc(F)cc2)CC1. The van der Waals surface area contributed by atoms with Crippen molar-refractivity contribution in [2.45, 2.75) is 32.6 Å². The second-order valence-electron chi connectivity index (χ2n) is 7.43. The standard InChI is InChI=1S/C23H27FN2O2/c1-17-4-2-3-5-20(17)16-22(27)26-14-11-19(12-15-26)23(28)25-13-10-18-6-8-21(24)9-7-18/h2-9,19H,10-16H2,1H3,(H,25,28). The molecule has 0 atom stereocenters. The number of carbonyl (C=O) groups is 2. The molecule has 1 aliphatic rings. The number of amides is 2. The summed E-state index contributed by atoms with van der Waals surface area (Å²) < 4.78 is 12.9. The summed E-state index contributed by atoms with van der Waals surface area (Å²) in [6, 6.07) is 14.3. The minimum Gasteiger partial charge on any atom is -0.356 e. The highest BCUT2D eigenvalue weighted by atomic mass is 19.1. The zero-order valence-corrected chi connectivity index (χ0v) is 16.3. The van der Waals surface area contributed by atoms with Crippen LogP contribution in [0.4, 0.5) is 4.39 Å². The third-order valence-electron chi connectivity index (χ3n) is 5.45. The van der Waals surface area contributed by atoms with Crippen LogP contribution in [0.1, 0.15) is 29.5 Å². The first kappa shape index (κ1) is 20.1. The quantitative estimate of drug-likeness (QED) is 0.834. The lowest BCUT2D eigenvalue weighted by Crippen LogP contribution is -2.43. The molecule has 2 amide bonds. The summed E-state index contributed by atoms with van der Waals surface area (Å²) in [7, 11) is 0. The number of nitrogens with zero attached hydrogens (tertiary/aromatic N) is 1. The van der Waals surface area contributed by atoms with E-state index in [9.17, 15) is 14.0 Å². The third kappa shape index (κ3) is 5.41. The van der Waals surface area contributed by atoms with Gasteiger partial charge in [-0.25, -0.2) is 4.39 Å². The molecule has 1 heterocycles. The van der Waals surface area contributed by atoms with Crippen molar-refractivity contribution in [2.24, 2.45) is 5.92 Å². The fraction of sp³-hybridized carbons (Fsp3) is 0.391. The van der Waals surface area contributed by atoms with Crippen molar-refractivity contribution in [2.75, 3.05) is 19.6 Å². The number of likely N-dealkylation sites (tertiary alicyclic amines) is 1. The van der Waals surface area contributed by atoms with Gasteiger partial charge in [0.15, 0.2) is 0 Å². The molecule has 2 aromatic rings. The molecule has 148 valence electrons. The van der Waals surface area contributed by atoms with Crippen molar-refractivity contribution >= 4 is 11.8 Å². The van der Waals surface area contributed by atoms with Crippen molar-refractivity contribution in [3.05, 3.63) is 71.0 Å². The van der Waals surface area contributed by atoms with E-state index in [2.05, 4.69) is 5.32 Å². The van der Waals surface area contributed by atoms with E-state index in [0.29, 0.717) is 45.3 Å². The van der Waals surface area contributed by atoms with Crippen LogP contribution in [0.2, 0.25) is 0 Å². The van der Waals surface area contributed by atoms with Gasteiger partial charge in [-0.2, -0.15) is 0 Å². The maximum atomic E-state index is 12.9. The average molecular weight is 382 g/mol. The normalized spacial score (nSPS) is 14.7. The molecule has 1 fully saturated rings. The Bertz CT molecular complexity index is 812. The van der Waals surface area contributed by atoms with Gasteiger partial charge in [0, 0.05) is 25.6 Å². The molecule has 2 aromatic carbocycles. The zero-order valence-electron chi connectivity index (χ0n) is 16.3. The van der Waals surface area contributed by atoms with Crippen LogP contribution in [0.5, 0.6) is 0 Å². The van der Waals surface area contributed by atoms with Crippen LogP contribution in [0, 0.1) is 18.7 Å². The Morgan fingerprint density at radius 1 is 1.07 bits per heavy atom. The summed E-state index contributed by atoms with van der Waals surface area (Å²) in [5, 5.41) is 2.97. The molecule has 0 radical (unpaired) electrons.